The van der Waals surface area contributed by atoms with E-state index in [1.54, 1.807) is 17.7 Å². The lowest BCUT2D eigenvalue weighted by Gasteiger charge is -2.16. The fourth-order valence-corrected chi connectivity index (χ4v) is 2.72. The summed E-state index contributed by atoms with van der Waals surface area (Å²) in [6.07, 6.45) is 1.70. The molecule has 1 atom stereocenters. The molecule has 3 rings (SSSR count). The fourth-order valence-electron chi connectivity index (χ4n) is 2.07. The molecule has 5 nitrogen and oxygen atoms in total. The van der Waals surface area contributed by atoms with Gasteiger partial charge in [-0.2, -0.15) is 0 Å². The minimum Gasteiger partial charge on any atom is -0.376 e. The van der Waals surface area contributed by atoms with Crippen LogP contribution < -0.4 is 5.32 Å². The van der Waals surface area contributed by atoms with Crippen molar-refractivity contribution in [2.45, 2.75) is 13.0 Å². The highest BCUT2D eigenvalue weighted by atomic mass is 32.1. The van der Waals surface area contributed by atoms with Gasteiger partial charge in [0.05, 0.1) is 17.2 Å². The molecule has 0 bridgehead atoms. The molecule has 1 aromatic carbocycles. The molecule has 2 heterocycles. The van der Waals surface area contributed by atoms with Crippen LogP contribution in [-0.4, -0.2) is 19.7 Å². The summed E-state index contributed by atoms with van der Waals surface area (Å²) in [6, 6.07) is 8.25. The highest BCUT2D eigenvalue weighted by Gasteiger charge is 2.13. The van der Waals surface area contributed by atoms with Gasteiger partial charge >= 0.3 is 0 Å². The molecule has 0 radical (unpaired) electrons. The minimum absolute atomic E-state index is 0.149. The van der Waals surface area contributed by atoms with Crippen molar-refractivity contribution in [2.24, 2.45) is 7.05 Å². The lowest BCUT2D eigenvalue weighted by molar-refractivity contribution is 0.849. The third kappa shape index (κ3) is 2.42. The van der Waals surface area contributed by atoms with Crippen LogP contribution in [0, 0.1) is 0 Å². The molecule has 0 fully saturated rings. The Morgan fingerprint density at radius 1 is 1.30 bits per heavy atom. The summed E-state index contributed by atoms with van der Waals surface area (Å²) in [6.45, 7) is 2.10. The molecule has 0 amide bonds. The molecule has 0 aliphatic rings. The van der Waals surface area contributed by atoms with E-state index < -0.39 is 0 Å². The molecule has 0 spiro atoms. The number of thiazole rings is 1. The molecule has 0 saturated carbocycles. The first-order valence-corrected chi connectivity index (χ1v) is 7.28. The first-order valence-electron chi connectivity index (χ1n) is 6.33. The number of para-hydroxylation sites is 1. The van der Waals surface area contributed by atoms with E-state index >= 15 is 0 Å². The minimum atomic E-state index is 0.149. The van der Waals surface area contributed by atoms with Crippen LogP contribution in [0.15, 0.2) is 41.5 Å². The lowest BCUT2D eigenvalue weighted by Crippen LogP contribution is -2.08. The van der Waals surface area contributed by atoms with Crippen LogP contribution in [0.3, 0.4) is 0 Å². The summed E-state index contributed by atoms with van der Waals surface area (Å²) in [5.74, 6) is 0.846. The normalized spacial score (nSPS) is 12.3. The van der Waals surface area contributed by atoms with Gasteiger partial charge in [0.15, 0.2) is 5.82 Å². The Labute approximate surface area is 121 Å². The highest BCUT2D eigenvalue weighted by molar-refractivity contribution is 7.07. The summed E-state index contributed by atoms with van der Waals surface area (Å²) >= 11 is 1.61. The van der Waals surface area contributed by atoms with Crippen LogP contribution in [0.1, 0.15) is 18.7 Å². The van der Waals surface area contributed by atoms with Crippen molar-refractivity contribution in [1.29, 1.82) is 0 Å². The second-order valence-electron chi connectivity index (χ2n) is 4.59. The second-order valence-corrected chi connectivity index (χ2v) is 5.31. The molecule has 3 aromatic rings. The molecule has 0 saturated heterocycles. The quantitative estimate of drug-likeness (QED) is 0.800. The third-order valence-electron chi connectivity index (χ3n) is 3.15. The average Bonchev–Trinajstić information content (AvgIpc) is 3.10. The first kappa shape index (κ1) is 12.8. The van der Waals surface area contributed by atoms with E-state index in [1.807, 2.05) is 41.4 Å². The van der Waals surface area contributed by atoms with Crippen LogP contribution in [-0.2, 0) is 7.05 Å². The summed E-state index contributed by atoms with van der Waals surface area (Å²) in [5, 5.41) is 13.7. The first-order chi connectivity index (χ1) is 9.75. The fraction of sp³-hybridized carbons (Fsp3) is 0.214. The van der Waals surface area contributed by atoms with E-state index in [9.17, 15) is 0 Å². The van der Waals surface area contributed by atoms with Gasteiger partial charge in [-0.05, 0) is 19.1 Å². The number of nitrogens with one attached hydrogen (secondary N) is 1. The zero-order valence-electron chi connectivity index (χ0n) is 11.3. The maximum absolute atomic E-state index is 4.35. The van der Waals surface area contributed by atoms with Crippen molar-refractivity contribution in [3.8, 4) is 11.4 Å². The van der Waals surface area contributed by atoms with Crippen LogP contribution in [0.4, 0.5) is 5.69 Å². The highest BCUT2D eigenvalue weighted by Crippen LogP contribution is 2.28. The molecule has 6 heteroatoms. The Balaban J connectivity index is 1.93. The summed E-state index contributed by atoms with van der Waals surface area (Å²) in [4.78, 5) is 4.35. The van der Waals surface area contributed by atoms with Gasteiger partial charge in [0.2, 0.25) is 0 Å². The van der Waals surface area contributed by atoms with E-state index in [0.717, 1.165) is 22.8 Å². The number of aryl methyl sites for hydroxylation is 1. The van der Waals surface area contributed by atoms with E-state index in [4.69, 9.17) is 0 Å². The van der Waals surface area contributed by atoms with Crippen molar-refractivity contribution in [2.75, 3.05) is 5.32 Å². The Bertz CT molecular complexity index is 689. The summed E-state index contributed by atoms with van der Waals surface area (Å²) in [7, 11) is 1.94. The molecule has 0 aliphatic carbocycles. The molecule has 20 heavy (non-hydrogen) atoms. The van der Waals surface area contributed by atoms with E-state index in [-0.39, 0.29) is 6.04 Å². The smallest absolute Gasteiger partial charge is 0.165 e. The number of hydrogen-bond acceptors (Lipinski definition) is 5. The lowest BCUT2D eigenvalue weighted by atomic mass is 10.1. The molecule has 0 aliphatic heterocycles. The van der Waals surface area contributed by atoms with Gasteiger partial charge in [0.1, 0.15) is 6.33 Å². The molecule has 1 N–H and O–H groups in total. The van der Waals surface area contributed by atoms with Gasteiger partial charge in [-0.25, -0.2) is 4.98 Å². The Morgan fingerprint density at radius 2 is 2.15 bits per heavy atom. The van der Waals surface area contributed by atoms with Gasteiger partial charge < -0.3 is 9.88 Å². The van der Waals surface area contributed by atoms with Gasteiger partial charge in [0.25, 0.3) is 0 Å². The SMILES string of the molecule is CC(Nc1ccccc1-c1nncn1C)c1cscn1. The number of hydrogen-bond donors (Lipinski definition) is 1. The second kappa shape index (κ2) is 5.42. The third-order valence-corrected chi connectivity index (χ3v) is 3.75. The number of benzene rings is 1. The summed E-state index contributed by atoms with van der Waals surface area (Å²) in [5.41, 5.74) is 4.96. The monoisotopic (exact) mass is 285 g/mol. The predicted molar refractivity (Wildman–Crippen MR) is 80.6 cm³/mol. The van der Waals surface area contributed by atoms with Crippen LogP contribution in [0.2, 0.25) is 0 Å². The molecular formula is C14H15N5S. The van der Waals surface area contributed by atoms with E-state index in [0.29, 0.717) is 0 Å². The largest absolute Gasteiger partial charge is 0.376 e. The van der Waals surface area contributed by atoms with E-state index in [2.05, 4.69) is 32.8 Å². The molecular weight excluding hydrogens is 270 g/mol. The van der Waals surface area contributed by atoms with Crippen LogP contribution in [0.5, 0.6) is 0 Å². The maximum atomic E-state index is 4.35. The maximum Gasteiger partial charge on any atom is 0.165 e. The predicted octanol–water partition coefficient (Wildman–Crippen LogP) is 3.11. The molecule has 102 valence electrons. The standard InChI is InChI=1S/C14H15N5S/c1-10(13-7-20-9-15-13)17-12-6-4-3-5-11(12)14-18-16-8-19(14)2/h3-10,17H,1-2H3. The van der Waals surface area contributed by atoms with E-state index in [1.165, 1.54) is 0 Å². The number of nitrogens with zero attached hydrogens (tertiary/aromatic N) is 4. The molecule has 1 unspecified atom stereocenters. The van der Waals surface area contributed by atoms with Gasteiger partial charge in [0, 0.05) is 23.7 Å². The van der Waals surface area contributed by atoms with Crippen molar-refractivity contribution in [1.82, 2.24) is 19.7 Å². The average molecular weight is 285 g/mol. The van der Waals surface area contributed by atoms with Crippen LogP contribution in [0.25, 0.3) is 11.4 Å². The van der Waals surface area contributed by atoms with Crippen LogP contribution >= 0.6 is 11.3 Å². The number of rotatable bonds is 4. The van der Waals surface area contributed by atoms with Crippen molar-refractivity contribution in [3.05, 3.63) is 47.2 Å². The topological polar surface area (TPSA) is 55.6 Å². The Kier molecular flexibility index (Phi) is 3.47. The van der Waals surface area contributed by atoms with Crippen molar-refractivity contribution < 1.29 is 0 Å². The van der Waals surface area contributed by atoms with Gasteiger partial charge in [-0.3, -0.25) is 0 Å². The Hall–Kier alpha value is -2.21. The summed E-state index contributed by atoms with van der Waals surface area (Å²) < 4.78 is 1.91. The van der Waals surface area contributed by atoms with Crippen molar-refractivity contribution in [3.63, 3.8) is 0 Å². The number of aromatic nitrogens is 4. The van der Waals surface area contributed by atoms with Gasteiger partial charge in [-0.1, -0.05) is 12.1 Å². The van der Waals surface area contributed by atoms with Gasteiger partial charge in [-0.15, -0.1) is 21.5 Å². The zero-order chi connectivity index (χ0) is 13.9. The zero-order valence-corrected chi connectivity index (χ0v) is 12.1. The molecule has 2 aromatic heterocycles. The Morgan fingerprint density at radius 3 is 2.85 bits per heavy atom. The van der Waals surface area contributed by atoms with Crippen molar-refractivity contribution >= 4 is 17.0 Å². The number of anilines is 1.